The number of carbonyl (C=O) groups is 1. The van der Waals surface area contributed by atoms with E-state index in [9.17, 15) is 10.1 Å². The number of aryl methyl sites for hydroxylation is 1. The monoisotopic (exact) mass is 496 g/mol. The van der Waals surface area contributed by atoms with E-state index in [0.717, 1.165) is 28.1 Å². The molecule has 0 radical (unpaired) electrons. The Labute approximate surface area is 213 Å². The molecule has 0 aliphatic heterocycles. The lowest BCUT2D eigenvalue weighted by atomic mass is 10.0. The van der Waals surface area contributed by atoms with Gasteiger partial charge in [-0.3, -0.25) is 10.1 Å². The van der Waals surface area contributed by atoms with E-state index in [-0.39, 0.29) is 5.57 Å². The molecule has 1 heterocycles. The minimum absolute atomic E-state index is 0.0579. The van der Waals surface area contributed by atoms with Crippen LogP contribution in [0.2, 0.25) is 0 Å². The number of benzene rings is 3. The van der Waals surface area contributed by atoms with Crippen molar-refractivity contribution in [3.8, 4) is 28.7 Å². The number of aromatic nitrogens is 2. The summed E-state index contributed by atoms with van der Waals surface area (Å²) in [6.45, 7) is 2.32. The van der Waals surface area contributed by atoms with Gasteiger partial charge in [-0.25, -0.2) is 0 Å². The molecule has 36 heavy (non-hydrogen) atoms. The summed E-state index contributed by atoms with van der Waals surface area (Å²) >= 11 is 1.28. The van der Waals surface area contributed by atoms with Gasteiger partial charge in [0.1, 0.15) is 23.3 Å². The van der Waals surface area contributed by atoms with Crippen molar-refractivity contribution in [3.63, 3.8) is 0 Å². The predicted octanol–water partition coefficient (Wildman–Crippen LogP) is 5.90. The van der Waals surface area contributed by atoms with Crippen LogP contribution in [-0.2, 0) is 17.8 Å². The molecule has 0 spiro atoms. The van der Waals surface area contributed by atoms with Gasteiger partial charge < -0.3 is 9.47 Å². The number of ether oxygens (including phenoxy) is 2. The highest BCUT2D eigenvalue weighted by atomic mass is 32.1. The lowest BCUT2D eigenvalue weighted by Gasteiger charge is -2.12. The standard InChI is InChI=1S/C28H24N4O3S/c1-3-26-31-32-28(36-26)30-27(33)23(17-29)15-20-11-14-24(25(16-20)34-2)35-18-19-9-12-22(13-10-19)21-7-5-4-6-8-21/h4-16H,3,18H2,1-2H3,(H,30,32,33)/b23-15+. The summed E-state index contributed by atoms with van der Waals surface area (Å²) < 4.78 is 11.5. The molecule has 0 unspecified atom stereocenters. The third-order valence-electron chi connectivity index (χ3n) is 5.31. The number of methoxy groups -OCH3 is 1. The molecule has 8 heteroatoms. The van der Waals surface area contributed by atoms with Gasteiger partial charge in [0.15, 0.2) is 11.5 Å². The van der Waals surface area contributed by atoms with Crippen LogP contribution in [0, 0.1) is 11.3 Å². The smallest absolute Gasteiger partial charge is 0.268 e. The predicted molar refractivity (Wildman–Crippen MR) is 141 cm³/mol. The van der Waals surface area contributed by atoms with Gasteiger partial charge >= 0.3 is 0 Å². The number of hydrogen-bond acceptors (Lipinski definition) is 7. The maximum Gasteiger partial charge on any atom is 0.268 e. The summed E-state index contributed by atoms with van der Waals surface area (Å²) in [4.78, 5) is 12.5. The number of carbonyl (C=O) groups excluding carboxylic acids is 1. The summed E-state index contributed by atoms with van der Waals surface area (Å²) in [6.07, 6.45) is 2.22. The summed E-state index contributed by atoms with van der Waals surface area (Å²) in [5.74, 6) is 0.513. The molecule has 4 rings (SSSR count). The van der Waals surface area contributed by atoms with Crippen molar-refractivity contribution in [2.75, 3.05) is 12.4 Å². The number of nitrogens with one attached hydrogen (secondary N) is 1. The van der Waals surface area contributed by atoms with Gasteiger partial charge in [0.2, 0.25) is 5.13 Å². The molecule has 3 aromatic carbocycles. The van der Waals surface area contributed by atoms with Crippen molar-refractivity contribution in [2.45, 2.75) is 20.0 Å². The Hall–Kier alpha value is -4.48. The molecule has 1 amide bonds. The minimum Gasteiger partial charge on any atom is -0.493 e. The molecule has 0 fully saturated rings. The summed E-state index contributed by atoms with van der Waals surface area (Å²) in [5.41, 5.74) is 3.89. The number of anilines is 1. The van der Waals surface area contributed by atoms with Gasteiger partial charge in [-0.05, 0) is 46.9 Å². The molecule has 0 atom stereocenters. The fraction of sp³-hybridized carbons (Fsp3) is 0.143. The number of rotatable bonds is 9. The highest BCUT2D eigenvalue weighted by molar-refractivity contribution is 7.15. The molecule has 0 saturated carbocycles. The normalized spacial score (nSPS) is 11.0. The van der Waals surface area contributed by atoms with Crippen molar-refractivity contribution in [3.05, 3.63) is 94.5 Å². The van der Waals surface area contributed by atoms with Crippen molar-refractivity contribution in [1.82, 2.24) is 10.2 Å². The number of amides is 1. The van der Waals surface area contributed by atoms with Crippen LogP contribution in [-0.4, -0.2) is 23.2 Å². The lowest BCUT2D eigenvalue weighted by Crippen LogP contribution is -2.13. The van der Waals surface area contributed by atoms with E-state index >= 15 is 0 Å². The first-order valence-corrected chi connectivity index (χ1v) is 12.1. The molecule has 0 aliphatic carbocycles. The molecular weight excluding hydrogens is 472 g/mol. The second-order valence-electron chi connectivity index (χ2n) is 7.74. The number of hydrogen-bond donors (Lipinski definition) is 1. The van der Waals surface area contributed by atoms with Crippen LogP contribution in [0.15, 0.2) is 78.4 Å². The zero-order chi connectivity index (χ0) is 25.3. The van der Waals surface area contributed by atoms with Gasteiger partial charge in [0, 0.05) is 0 Å². The van der Waals surface area contributed by atoms with Gasteiger partial charge in [0.25, 0.3) is 5.91 Å². The SMILES string of the molecule is CCc1nnc(NC(=O)/C(C#N)=C/c2ccc(OCc3ccc(-c4ccccc4)cc3)c(OC)c2)s1. The van der Waals surface area contributed by atoms with E-state index in [4.69, 9.17) is 9.47 Å². The zero-order valence-corrected chi connectivity index (χ0v) is 20.7. The summed E-state index contributed by atoms with van der Waals surface area (Å²) in [6, 6.07) is 25.6. The Morgan fingerprint density at radius 1 is 1.03 bits per heavy atom. The van der Waals surface area contributed by atoms with E-state index in [1.165, 1.54) is 17.4 Å². The molecule has 0 aliphatic rings. The van der Waals surface area contributed by atoms with Crippen LogP contribution in [0.25, 0.3) is 17.2 Å². The van der Waals surface area contributed by atoms with Crippen LogP contribution >= 0.6 is 11.3 Å². The van der Waals surface area contributed by atoms with Gasteiger partial charge in [-0.1, -0.05) is 78.9 Å². The molecule has 4 aromatic rings. The van der Waals surface area contributed by atoms with Crippen LogP contribution < -0.4 is 14.8 Å². The molecular formula is C28H24N4O3S. The number of nitriles is 1. The number of nitrogens with zero attached hydrogens (tertiary/aromatic N) is 3. The van der Waals surface area contributed by atoms with E-state index in [1.54, 1.807) is 25.3 Å². The van der Waals surface area contributed by atoms with Crippen LogP contribution in [0.5, 0.6) is 11.5 Å². The topological polar surface area (TPSA) is 97.1 Å². The molecule has 1 aromatic heterocycles. The zero-order valence-electron chi connectivity index (χ0n) is 19.9. The molecule has 1 N–H and O–H groups in total. The highest BCUT2D eigenvalue weighted by Crippen LogP contribution is 2.30. The Bertz CT molecular complexity index is 1410. The lowest BCUT2D eigenvalue weighted by molar-refractivity contribution is -0.112. The van der Waals surface area contributed by atoms with E-state index in [1.807, 2.05) is 43.3 Å². The first-order valence-electron chi connectivity index (χ1n) is 11.3. The van der Waals surface area contributed by atoms with Gasteiger partial charge in [-0.15, -0.1) is 10.2 Å². The Kier molecular flexibility index (Phi) is 8.06. The Morgan fingerprint density at radius 2 is 1.78 bits per heavy atom. The fourth-order valence-corrected chi connectivity index (χ4v) is 4.08. The Morgan fingerprint density at radius 3 is 2.44 bits per heavy atom. The van der Waals surface area contributed by atoms with Crippen LogP contribution in [0.4, 0.5) is 5.13 Å². The van der Waals surface area contributed by atoms with E-state index in [0.29, 0.717) is 28.8 Å². The van der Waals surface area contributed by atoms with Crippen molar-refractivity contribution < 1.29 is 14.3 Å². The van der Waals surface area contributed by atoms with Crippen LogP contribution in [0.3, 0.4) is 0 Å². The first-order chi connectivity index (χ1) is 17.6. The third-order valence-corrected chi connectivity index (χ3v) is 6.29. The largest absolute Gasteiger partial charge is 0.493 e. The summed E-state index contributed by atoms with van der Waals surface area (Å²) in [7, 11) is 1.54. The average molecular weight is 497 g/mol. The Balaban J connectivity index is 1.43. The van der Waals surface area contributed by atoms with Crippen molar-refractivity contribution in [1.29, 1.82) is 5.26 Å². The quantitative estimate of drug-likeness (QED) is 0.229. The van der Waals surface area contributed by atoms with E-state index in [2.05, 4.69) is 39.8 Å². The maximum atomic E-state index is 12.5. The molecule has 0 bridgehead atoms. The molecule has 180 valence electrons. The fourth-order valence-electron chi connectivity index (χ4n) is 3.41. The minimum atomic E-state index is -0.547. The second kappa shape index (κ2) is 11.8. The summed E-state index contributed by atoms with van der Waals surface area (Å²) in [5, 5.41) is 21.2. The average Bonchev–Trinajstić information content (AvgIpc) is 3.39. The molecule has 0 saturated heterocycles. The van der Waals surface area contributed by atoms with Crippen molar-refractivity contribution >= 4 is 28.5 Å². The van der Waals surface area contributed by atoms with Gasteiger partial charge in [-0.2, -0.15) is 5.26 Å². The third kappa shape index (κ3) is 6.14. The van der Waals surface area contributed by atoms with Gasteiger partial charge in [0.05, 0.1) is 7.11 Å². The van der Waals surface area contributed by atoms with E-state index < -0.39 is 5.91 Å². The molecule has 7 nitrogen and oxygen atoms in total. The highest BCUT2D eigenvalue weighted by Gasteiger charge is 2.13. The van der Waals surface area contributed by atoms with Crippen molar-refractivity contribution in [2.24, 2.45) is 0 Å². The van der Waals surface area contributed by atoms with Crippen LogP contribution in [0.1, 0.15) is 23.1 Å². The maximum absolute atomic E-state index is 12.5. The first kappa shape index (κ1) is 24.6. The second-order valence-corrected chi connectivity index (χ2v) is 8.80.